The van der Waals surface area contributed by atoms with Gasteiger partial charge in [0.1, 0.15) is 0 Å². The highest BCUT2D eigenvalue weighted by molar-refractivity contribution is 5.39. The summed E-state index contributed by atoms with van der Waals surface area (Å²) in [5.74, 6) is -1.67. The molecule has 0 aliphatic heterocycles. The first kappa shape index (κ1) is 13.7. The van der Waals surface area contributed by atoms with E-state index in [1.54, 1.807) is 12.1 Å². The number of aryl methyl sites for hydroxylation is 2. The highest BCUT2D eigenvalue weighted by Gasteiger charge is 2.19. The molecule has 2 rings (SSSR count). The zero-order chi connectivity index (χ0) is 14.0. The molecule has 1 unspecified atom stereocenters. The van der Waals surface area contributed by atoms with Crippen molar-refractivity contribution in [2.24, 2.45) is 5.73 Å². The van der Waals surface area contributed by atoms with Crippen molar-refractivity contribution in [1.29, 1.82) is 0 Å². The molecule has 0 aliphatic carbocycles. The third kappa shape index (κ3) is 2.51. The maximum Gasteiger partial charge on any atom is 0.164 e. The summed E-state index contributed by atoms with van der Waals surface area (Å²) >= 11 is 0. The summed E-state index contributed by atoms with van der Waals surface area (Å²) in [7, 11) is 0. The highest BCUT2D eigenvalue weighted by atomic mass is 19.2. The third-order valence-corrected chi connectivity index (χ3v) is 3.41. The number of hydrogen-bond acceptors (Lipinski definition) is 1. The first-order valence-corrected chi connectivity index (χ1v) is 6.34. The quantitative estimate of drug-likeness (QED) is 0.891. The minimum atomic E-state index is -0.849. The summed E-state index contributed by atoms with van der Waals surface area (Å²) in [5, 5.41) is 0. The Morgan fingerprint density at radius 3 is 2.37 bits per heavy atom. The molecule has 0 heterocycles. The van der Waals surface area contributed by atoms with Crippen molar-refractivity contribution in [1.82, 2.24) is 0 Å². The van der Waals surface area contributed by atoms with Crippen LogP contribution < -0.4 is 5.73 Å². The summed E-state index contributed by atoms with van der Waals surface area (Å²) in [5.41, 5.74) is 8.48. The maximum absolute atomic E-state index is 14.0. The van der Waals surface area contributed by atoms with Crippen molar-refractivity contribution in [3.63, 3.8) is 0 Å². The first-order valence-electron chi connectivity index (χ1n) is 6.34. The molecule has 0 aromatic heterocycles. The molecule has 2 aromatic rings. The second kappa shape index (κ2) is 5.49. The minimum absolute atomic E-state index is 0.198. The average molecular weight is 261 g/mol. The summed E-state index contributed by atoms with van der Waals surface area (Å²) in [6.07, 6.45) is 0.805. The topological polar surface area (TPSA) is 26.0 Å². The van der Waals surface area contributed by atoms with Gasteiger partial charge in [0.25, 0.3) is 0 Å². The van der Waals surface area contributed by atoms with Crippen LogP contribution in [0, 0.1) is 18.6 Å². The van der Waals surface area contributed by atoms with E-state index in [4.69, 9.17) is 5.73 Å². The van der Waals surface area contributed by atoms with Gasteiger partial charge >= 0.3 is 0 Å². The lowest BCUT2D eigenvalue weighted by Gasteiger charge is -2.17. The van der Waals surface area contributed by atoms with Crippen molar-refractivity contribution in [3.8, 4) is 0 Å². The van der Waals surface area contributed by atoms with E-state index in [1.807, 2.05) is 31.2 Å². The minimum Gasteiger partial charge on any atom is -0.320 e. The predicted octanol–water partition coefficient (Wildman–Crippen LogP) is 3.88. The van der Waals surface area contributed by atoms with Crippen LogP contribution in [0.1, 0.15) is 35.2 Å². The zero-order valence-corrected chi connectivity index (χ0v) is 11.1. The van der Waals surface area contributed by atoms with Crippen LogP contribution in [0.4, 0.5) is 8.78 Å². The Morgan fingerprint density at radius 2 is 1.68 bits per heavy atom. The lowest BCUT2D eigenvalue weighted by molar-refractivity contribution is 0.489. The number of hydrogen-bond donors (Lipinski definition) is 1. The zero-order valence-electron chi connectivity index (χ0n) is 11.1. The fraction of sp³-hybridized carbons (Fsp3) is 0.250. The fourth-order valence-corrected chi connectivity index (χ4v) is 2.23. The third-order valence-electron chi connectivity index (χ3n) is 3.41. The predicted molar refractivity (Wildman–Crippen MR) is 72.9 cm³/mol. The molecule has 2 N–H and O–H groups in total. The van der Waals surface area contributed by atoms with Gasteiger partial charge in [0.05, 0.1) is 6.04 Å². The first-order chi connectivity index (χ1) is 9.06. The van der Waals surface area contributed by atoms with Gasteiger partial charge in [0, 0.05) is 5.56 Å². The van der Waals surface area contributed by atoms with E-state index in [9.17, 15) is 8.78 Å². The maximum atomic E-state index is 14.0. The van der Waals surface area contributed by atoms with Crippen LogP contribution in [0.2, 0.25) is 0 Å². The molecule has 0 amide bonds. The van der Waals surface area contributed by atoms with Gasteiger partial charge in [-0.1, -0.05) is 43.3 Å². The molecule has 19 heavy (non-hydrogen) atoms. The molecule has 100 valence electrons. The van der Waals surface area contributed by atoms with Gasteiger partial charge in [-0.2, -0.15) is 0 Å². The van der Waals surface area contributed by atoms with Gasteiger partial charge in [-0.15, -0.1) is 0 Å². The Bertz CT molecular complexity index is 593. The van der Waals surface area contributed by atoms with Crippen molar-refractivity contribution >= 4 is 0 Å². The SMILES string of the molecule is CCc1ccccc1C(N)c1ccc(C)c(F)c1F. The highest BCUT2D eigenvalue weighted by Crippen LogP contribution is 2.27. The van der Waals surface area contributed by atoms with Crippen molar-refractivity contribution in [3.05, 3.63) is 70.3 Å². The van der Waals surface area contributed by atoms with Gasteiger partial charge in [-0.05, 0) is 30.0 Å². The van der Waals surface area contributed by atoms with E-state index < -0.39 is 17.7 Å². The molecular formula is C16H17F2N. The number of nitrogens with two attached hydrogens (primary N) is 1. The fourth-order valence-electron chi connectivity index (χ4n) is 2.23. The number of halogens is 2. The van der Waals surface area contributed by atoms with Crippen LogP contribution in [0.15, 0.2) is 36.4 Å². The molecule has 0 saturated heterocycles. The molecule has 1 nitrogen and oxygen atoms in total. The smallest absolute Gasteiger partial charge is 0.164 e. The molecule has 1 atom stereocenters. The van der Waals surface area contributed by atoms with Crippen molar-refractivity contribution < 1.29 is 8.78 Å². The molecule has 0 radical (unpaired) electrons. The van der Waals surface area contributed by atoms with Crippen molar-refractivity contribution in [2.75, 3.05) is 0 Å². The molecule has 0 fully saturated rings. The van der Waals surface area contributed by atoms with E-state index in [1.165, 1.54) is 6.92 Å². The van der Waals surface area contributed by atoms with Crippen molar-refractivity contribution in [2.45, 2.75) is 26.3 Å². The van der Waals surface area contributed by atoms with Crippen LogP contribution in [0.3, 0.4) is 0 Å². The second-order valence-electron chi connectivity index (χ2n) is 4.63. The molecule has 0 spiro atoms. The van der Waals surface area contributed by atoms with Gasteiger partial charge in [0.2, 0.25) is 0 Å². The van der Waals surface area contributed by atoms with Crippen LogP contribution in [0.5, 0.6) is 0 Å². The lowest BCUT2D eigenvalue weighted by atomic mass is 9.93. The average Bonchev–Trinajstić information content (AvgIpc) is 2.44. The monoisotopic (exact) mass is 261 g/mol. The number of benzene rings is 2. The Morgan fingerprint density at radius 1 is 1.00 bits per heavy atom. The lowest BCUT2D eigenvalue weighted by Crippen LogP contribution is -2.16. The van der Waals surface area contributed by atoms with Gasteiger partial charge in [-0.3, -0.25) is 0 Å². The van der Waals surface area contributed by atoms with Gasteiger partial charge in [-0.25, -0.2) is 8.78 Å². The van der Waals surface area contributed by atoms with E-state index in [2.05, 4.69) is 0 Å². The second-order valence-corrected chi connectivity index (χ2v) is 4.63. The molecule has 3 heteroatoms. The Labute approximate surface area is 112 Å². The summed E-state index contributed by atoms with van der Waals surface area (Å²) in [6.45, 7) is 3.55. The Balaban J connectivity index is 2.50. The molecule has 0 aliphatic rings. The Kier molecular flexibility index (Phi) is 3.96. The summed E-state index contributed by atoms with van der Waals surface area (Å²) in [6, 6.07) is 10.1. The molecule has 0 bridgehead atoms. The van der Waals surface area contributed by atoms with Crippen LogP contribution in [-0.4, -0.2) is 0 Å². The number of rotatable bonds is 3. The van der Waals surface area contributed by atoms with E-state index in [0.29, 0.717) is 0 Å². The van der Waals surface area contributed by atoms with Crippen LogP contribution >= 0.6 is 0 Å². The molecular weight excluding hydrogens is 244 g/mol. The summed E-state index contributed by atoms with van der Waals surface area (Å²) in [4.78, 5) is 0. The molecule has 0 saturated carbocycles. The summed E-state index contributed by atoms with van der Waals surface area (Å²) < 4.78 is 27.6. The van der Waals surface area contributed by atoms with Crippen LogP contribution in [0.25, 0.3) is 0 Å². The van der Waals surface area contributed by atoms with Gasteiger partial charge < -0.3 is 5.73 Å². The van der Waals surface area contributed by atoms with E-state index >= 15 is 0 Å². The van der Waals surface area contributed by atoms with Crippen LogP contribution in [-0.2, 0) is 6.42 Å². The largest absolute Gasteiger partial charge is 0.320 e. The standard InChI is InChI=1S/C16H17F2N/c1-3-11-6-4-5-7-12(11)16(19)13-9-8-10(2)14(17)15(13)18/h4-9,16H,3,19H2,1-2H3. The van der Waals surface area contributed by atoms with Gasteiger partial charge in [0.15, 0.2) is 11.6 Å². The van der Waals surface area contributed by atoms with E-state index in [0.717, 1.165) is 17.5 Å². The Hall–Kier alpha value is -1.74. The van der Waals surface area contributed by atoms with E-state index in [-0.39, 0.29) is 11.1 Å². The normalized spacial score (nSPS) is 12.5. The molecule has 2 aromatic carbocycles.